The zero-order chi connectivity index (χ0) is 27.9. The maximum Gasteiger partial charge on any atom is 0.416 e. The van der Waals surface area contributed by atoms with Crippen LogP contribution in [0, 0.1) is 21.8 Å². The number of methoxy groups -OCH3 is 1. The van der Waals surface area contributed by atoms with Gasteiger partial charge in [-0.2, -0.15) is 18.4 Å². The number of hydrogen-bond donors (Lipinski definition) is 2. The lowest BCUT2D eigenvalue weighted by molar-refractivity contribution is -0.137. The minimum absolute atomic E-state index is 0.106. The predicted molar refractivity (Wildman–Crippen MR) is 145 cm³/mol. The van der Waals surface area contributed by atoms with Crippen LogP contribution in [0.15, 0.2) is 66.2 Å². The summed E-state index contributed by atoms with van der Waals surface area (Å²) in [5.41, 5.74) is 0.646. The lowest BCUT2D eigenvalue weighted by Gasteiger charge is -2.14. The molecule has 0 unspecified atom stereocenters. The molecular weight excluding hydrogens is 614 g/mol. The number of ether oxygens (including phenoxy) is 2. The highest BCUT2D eigenvalue weighted by Crippen LogP contribution is 2.35. The van der Waals surface area contributed by atoms with Gasteiger partial charge in [0, 0.05) is 11.4 Å². The topological polar surface area (TPSA) is 100 Å². The average molecular weight is 635 g/mol. The third-order valence-electron chi connectivity index (χ3n) is 5.03. The number of halogens is 4. The van der Waals surface area contributed by atoms with Gasteiger partial charge in [0.1, 0.15) is 11.6 Å². The molecule has 196 valence electrons. The van der Waals surface area contributed by atoms with E-state index in [0.717, 1.165) is 23.8 Å². The largest absolute Gasteiger partial charge is 0.493 e. The number of nitrogens with zero attached hydrogens (tertiary/aromatic N) is 1. The number of nitriles is 1. The Hall–Kier alpha value is -4.05. The first-order valence-corrected chi connectivity index (χ1v) is 12.1. The van der Waals surface area contributed by atoms with Crippen molar-refractivity contribution in [1.29, 1.82) is 5.26 Å². The van der Waals surface area contributed by atoms with E-state index in [1.165, 1.54) is 25.3 Å². The van der Waals surface area contributed by atoms with Crippen molar-refractivity contribution in [1.82, 2.24) is 0 Å². The van der Waals surface area contributed by atoms with Gasteiger partial charge in [-0.25, -0.2) is 0 Å². The molecule has 0 radical (unpaired) electrons. The van der Waals surface area contributed by atoms with Crippen LogP contribution in [0.4, 0.5) is 24.5 Å². The van der Waals surface area contributed by atoms with Crippen molar-refractivity contribution in [2.45, 2.75) is 13.1 Å². The number of benzene rings is 3. The molecule has 3 aromatic carbocycles. The monoisotopic (exact) mass is 635 g/mol. The van der Waals surface area contributed by atoms with E-state index < -0.39 is 17.6 Å². The quantitative estimate of drug-likeness (QED) is 0.175. The molecule has 0 bridgehead atoms. The Morgan fingerprint density at radius 3 is 2.37 bits per heavy atom. The highest BCUT2D eigenvalue weighted by molar-refractivity contribution is 14.1. The summed E-state index contributed by atoms with van der Waals surface area (Å²) in [6, 6.07) is 16.3. The Balaban J connectivity index is 1.75. The highest BCUT2D eigenvalue weighted by Gasteiger charge is 2.30. The molecule has 3 aromatic rings. The van der Waals surface area contributed by atoms with Gasteiger partial charge in [-0.3, -0.25) is 9.59 Å². The minimum atomic E-state index is -4.58. The van der Waals surface area contributed by atoms with E-state index in [4.69, 9.17) is 9.47 Å². The van der Waals surface area contributed by atoms with Gasteiger partial charge in [-0.1, -0.05) is 18.2 Å². The molecule has 11 heteroatoms. The van der Waals surface area contributed by atoms with Crippen molar-refractivity contribution >= 4 is 51.9 Å². The number of carbonyl (C=O) groups is 2. The van der Waals surface area contributed by atoms with E-state index in [1.807, 2.05) is 47.7 Å². The molecule has 0 heterocycles. The Morgan fingerprint density at radius 1 is 1.05 bits per heavy atom. The van der Waals surface area contributed by atoms with Gasteiger partial charge < -0.3 is 20.1 Å². The summed E-state index contributed by atoms with van der Waals surface area (Å²) in [5.74, 6) is -0.719. The summed E-state index contributed by atoms with van der Waals surface area (Å²) in [5, 5.41) is 14.5. The van der Waals surface area contributed by atoms with Crippen molar-refractivity contribution in [2.24, 2.45) is 0 Å². The van der Waals surface area contributed by atoms with Crippen LogP contribution in [0.3, 0.4) is 0 Å². The fourth-order valence-electron chi connectivity index (χ4n) is 3.31. The summed E-state index contributed by atoms with van der Waals surface area (Å²) >= 11 is 1.96. The fraction of sp³-hybridized carbons (Fsp3) is 0.148. The SMILES string of the molecule is COc1cc(/C=C(\C#N)C(=O)Nc2cccc(C(F)(F)F)c2)cc(I)c1OCC(=O)Nc1cccc(C)c1. The van der Waals surface area contributed by atoms with Crippen molar-refractivity contribution in [3.63, 3.8) is 0 Å². The molecule has 0 aliphatic carbocycles. The Kier molecular flexibility index (Phi) is 9.35. The molecule has 0 saturated heterocycles. The molecule has 0 saturated carbocycles. The molecule has 0 fully saturated rings. The third kappa shape index (κ3) is 7.72. The first-order valence-electron chi connectivity index (χ1n) is 11.0. The van der Waals surface area contributed by atoms with Gasteiger partial charge in [0.25, 0.3) is 11.8 Å². The van der Waals surface area contributed by atoms with Crippen LogP contribution in [-0.2, 0) is 15.8 Å². The van der Waals surface area contributed by atoms with Crippen molar-refractivity contribution in [2.75, 3.05) is 24.4 Å². The standard InChI is InChI=1S/C27H21F3IN3O4/c1-16-5-3-7-20(9-16)33-24(35)15-38-25-22(31)11-17(12-23(25)37-2)10-18(14-32)26(36)34-21-8-4-6-19(13-21)27(28,29)30/h3-13H,15H2,1-2H3,(H,33,35)(H,34,36)/b18-10+. The second kappa shape index (κ2) is 12.5. The second-order valence-electron chi connectivity index (χ2n) is 7.94. The van der Waals surface area contributed by atoms with E-state index in [-0.39, 0.29) is 35.3 Å². The summed E-state index contributed by atoms with van der Waals surface area (Å²) in [7, 11) is 1.39. The van der Waals surface area contributed by atoms with Crippen LogP contribution in [0.5, 0.6) is 11.5 Å². The number of hydrogen-bond acceptors (Lipinski definition) is 5. The normalized spacial score (nSPS) is 11.3. The van der Waals surface area contributed by atoms with Crippen LogP contribution in [-0.4, -0.2) is 25.5 Å². The van der Waals surface area contributed by atoms with Crippen molar-refractivity contribution in [3.05, 3.63) is 86.5 Å². The van der Waals surface area contributed by atoms with E-state index in [0.29, 0.717) is 14.8 Å². The zero-order valence-electron chi connectivity index (χ0n) is 20.2. The first-order chi connectivity index (χ1) is 18.0. The van der Waals surface area contributed by atoms with E-state index >= 15 is 0 Å². The van der Waals surface area contributed by atoms with Gasteiger partial charge in [-0.15, -0.1) is 0 Å². The number of aryl methyl sites for hydroxylation is 1. The smallest absolute Gasteiger partial charge is 0.416 e. The molecule has 3 rings (SSSR count). The van der Waals surface area contributed by atoms with Crippen LogP contribution in [0.25, 0.3) is 6.08 Å². The number of rotatable bonds is 8. The van der Waals surface area contributed by atoms with Gasteiger partial charge in [0.05, 0.1) is 16.2 Å². The molecule has 2 N–H and O–H groups in total. The lowest BCUT2D eigenvalue weighted by Crippen LogP contribution is -2.20. The Bertz CT molecular complexity index is 1430. The van der Waals surface area contributed by atoms with Crippen LogP contribution in [0.1, 0.15) is 16.7 Å². The molecule has 0 atom stereocenters. The molecular formula is C27H21F3IN3O4. The minimum Gasteiger partial charge on any atom is -0.493 e. The summed E-state index contributed by atoms with van der Waals surface area (Å²) in [6.07, 6.45) is -3.31. The fourth-order valence-corrected chi connectivity index (χ4v) is 4.09. The molecule has 0 aliphatic rings. The molecule has 38 heavy (non-hydrogen) atoms. The van der Waals surface area contributed by atoms with Crippen molar-refractivity contribution < 1.29 is 32.2 Å². The Labute approximate surface area is 230 Å². The number of carbonyl (C=O) groups excluding carboxylic acids is 2. The average Bonchev–Trinajstić information content (AvgIpc) is 2.85. The van der Waals surface area contributed by atoms with Gasteiger partial charge in [-0.05, 0) is 89.2 Å². The van der Waals surface area contributed by atoms with E-state index in [1.54, 1.807) is 18.2 Å². The summed E-state index contributed by atoms with van der Waals surface area (Å²) in [6.45, 7) is 1.61. The highest BCUT2D eigenvalue weighted by atomic mass is 127. The summed E-state index contributed by atoms with van der Waals surface area (Å²) < 4.78 is 50.4. The third-order valence-corrected chi connectivity index (χ3v) is 5.83. The number of alkyl halides is 3. The lowest BCUT2D eigenvalue weighted by atomic mass is 10.1. The number of anilines is 2. The van der Waals surface area contributed by atoms with E-state index in [2.05, 4.69) is 10.6 Å². The van der Waals surface area contributed by atoms with Gasteiger partial charge in [0.2, 0.25) is 0 Å². The number of nitrogens with one attached hydrogen (secondary N) is 2. The number of amides is 2. The zero-order valence-corrected chi connectivity index (χ0v) is 22.3. The maximum atomic E-state index is 12.9. The van der Waals surface area contributed by atoms with Gasteiger partial charge >= 0.3 is 6.18 Å². The van der Waals surface area contributed by atoms with Gasteiger partial charge in [0.15, 0.2) is 18.1 Å². The predicted octanol–water partition coefficient (Wildman–Crippen LogP) is 6.19. The second-order valence-corrected chi connectivity index (χ2v) is 9.11. The molecule has 0 aromatic heterocycles. The molecule has 7 nitrogen and oxygen atoms in total. The molecule has 2 amide bonds. The van der Waals surface area contributed by atoms with E-state index in [9.17, 15) is 28.0 Å². The molecule has 0 aliphatic heterocycles. The first kappa shape index (κ1) is 28.5. The van der Waals surface area contributed by atoms with Crippen molar-refractivity contribution in [3.8, 4) is 17.6 Å². The van der Waals surface area contributed by atoms with Crippen LogP contribution in [0.2, 0.25) is 0 Å². The summed E-state index contributed by atoms with van der Waals surface area (Å²) in [4.78, 5) is 24.9. The van der Waals surface area contributed by atoms with Crippen LogP contribution < -0.4 is 20.1 Å². The van der Waals surface area contributed by atoms with Crippen LogP contribution >= 0.6 is 22.6 Å². The molecule has 0 spiro atoms. The maximum absolute atomic E-state index is 12.9. The Morgan fingerprint density at radius 2 is 1.74 bits per heavy atom.